The lowest BCUT2D eigenvalue weighted by molar-refractivity contribution is -0.118. The van der Waals surface area contributed by atoms with Gasteiger partial charge in [-0.25, -0.2) is 4.98 Å². The number of nitrogens with zero attached hydrogens (tertiary/aromatic N) is 1. The summed E-state index contributed by atoms with van der Waals surface area (Å²) in [5.74, 6) is 0.879. The first-order valence-electron chi connectivity index (χ1n) is 8.49. The first kappa shape index (κ1) is 17.3. The predicted molar refractivity (Wildman–Crippen MR) is 109 cm³/mol. The maximum absolute atomic E-state index is 12.3. The van der Waals surface area contributed by atoms with Crippen LogP contribution >= 0.6 is 11.3 Å². The lowest BCUT2D eigenvalue weighted by Crippen LogP contribution is -2.20. The predicted octanol–water partition coefficient (Wildman–Crippen LogP) is 4.78. The highest BCUT2D eigenvalue weighted by Gasteiger charge is 2.12. The van der Waals surface area contributed by atoms with Gasteiger partial charge in [0.2, 0.25) is 0 Å². The van der Waals surface area contributed by atoms with Gasteiger partial charge < -0.3 is 9.47 Å². The van der Waals surface area contributed by atoms with Crippen molar-refractivity contribution in [3.63, 3.8) is 0 Å². The van der Waals surface area contributed by atoms with Crippen LogP contribution < -0.4 is 14.8 Å². The molecule has 4 aromatic rings. The van der Waals surface area contributed by atoms with Crippen LogP contribution in [0.4, 0.5) is 5.13 Å². The molecule has 5 nitrogen and oxygen atoms in total. The molecule has 1 N–H and O–H groups in total. The number of carbonyl (C=O) groups is 1. The van der Waals surface area contributed by atoms with Crippen LogP contribution in [0.3, 0.4) is 0 Å². The van der Waals surface area contributed by atoms with E-state index >= 15 is 0 Å². The average molecular weight is 378 g/mol. The Balaban J connectivity index is 1.49. The van der Waals surface area contributed by atoms with Gasteiger partial charge in [0.05, 0.1) is 17.3 Å². The van der Waals surface area contributed by atoms with Gasteiger partial charge in [-0.3, -0.25) is 10.1 Å². The molecule has 136 valence electrons. The zero-order valence-corrected chi connectivity index (χ0v) is 15.8. The molecule has 3 aromatic carbocycles. The van der Waals surface area contributed by atoms with E-state index in [2.05, 4.69) is 22.4 Å². The molecule has 0 saturated heterocycles. The Morgan fingerprint density at radius 3 is 2.81 bits per heavy atom. The fourth-order valence-corrected chi connectivity index (χ4v) is 3.81. The van der Waals surface area contributed by atoms with Crippen molar-refractivity contribution in [3.8, 4) is 11.5 Å². The van der Waals surface area contributed by atoms with Gasteiger partial charge in [-0.15, -0.1) is 0 Å². The molecule has 0 bridgehead atoms. The van der Waals surface area contributed by atoms with Gasteiger partial charge in [-0.2, -0.15) is 0 Å². The van der Waals surface area contributed by atoms with Crippen molar-refractivity contribution in [1.29, 1.82) is 0 Å². The van der Waals surface area contributed by atoms with Crippen molar-refractivity contribution < 1.29 is 14.3 Å². The van der Waals surface area contributed by atoms with E-state index in [9.17, 15) is 4.79 Å². The number of rotatable bonds is 5. The zero-order valence-electron chi connectivity index (χ0n) is 15.0. The molecule has 0 aliphatic carbocycles. The van der Waals surface area contributed by atoms with Crippen LogP contribution in [0.25, 0.3) is 21.0 Å². The molecule has 0 spiro atoms. The number of benzene rings is 3. The molecule has 0 aliphatic heterocycles. The number of anilines is 1. The summed E-state index contributed by atoms with van der Waals surface area (Å²) in [6.45, 7) is 1.85. The van der Waals surface area contributed by atoms with Crippen molar-refractivity contribution in [2.24, 2.45) is 0 Å². The summed E-state index contributed by atoms with van der Waals surface area (Å²) < 4.78 is 11.9. The summed E-state index contributed by atoms with van der Waals surface area (Å²) in [5.41, 5.74) is 1.96. The molecule has 0 fully saturated rings. The number of ether oxygens (including phenoxy) is 2. The summed E-state index contributed by atoms with van der Waals surface area (Å²) in [4.78, 5) is 16.9. The molecule has 0 unspecified atom stereocenters. The second-order valence-electron chi connectivity index (χ2n) is 6.14. The smallest absolute Gasteiger partial charge is 0.264 e. The monoisotopic (exact) mass is 378 g/mol. The van der Waals surface area contributed by atoms with Crippen molar-refractivity contribution in [1.82, 2.24) is 4.98 Å². The van der Waals surface area contributed by atoms with Gasteiger partial charge in [0.1, 0.15) is 0 Å². The highest BCUT2D eigenvalue weighted by Crippen LogP contribution is 2.32. The van der Waals surface area contributed by atoms with E-state index < -0.39 is 0 Å². The molecule has 6 heteroatoms. The third-order valence-electron chi connectivity index (χ3n) is 4.21. The van der Waals surface area contributed by atoms with Gasteiger partial charge in [-0.1, -0.05) is 47.7 Å². The molecular formula is C21H18N2O3S. The Bertz CT molecular complexity index is 1140. The van der Waals surface area contributed by atoms with E-state index in [0.29, 0.717) is 16.6 Å². The minimum atomic E-state index is -0.263. The van der Waals surface area contributed by atoms with Gasteiger partial charge in [0, 0.05) is 5.39 Å². The van der Waals surface area contributed by atoms with E-state index in [0.717, 1.165) is 26.6 Å². The van der Waals surface area contributed by atoms with Crippen molar-refractivity contribution in [3.05, 3.63) is 60.2 Å². The Morgan fingerprint density at radius 1 is 1.11 bits per heavy atom. The highest BCUT2D eigenvalue weighted by molar-refractivity contribution is 7.22. The Morgan fingerprint density at radius 2 is 1.96 bits per heavy atom. The van der Waals surface area contributed by atoms with Crippen LogP contribution in [0.15, 0.2) is 54.6 Å². The second-order valence-corrected chi connectivity index (χ2v) is 7.17. The minimum absolute atomic E-state index is 0.115. The molecule has 1 heterocycles. The Kier molecular flexibility index (Phi) is 4.64. The molecular weight excluding hydrogens is 360 g/mol. The SMILES string of the molecule is COc1cc(C)ccc1OCC(=O)Nc1nc2c(ccc3ccccc32)s1. The molecule has 1 amide bonds. The molecule has 0 radical (unpaired) electrons. The number of hydrogen-bond acceptors (Lipinski definition) is 5. The standard InChI is InChI=1S/C21H18N2O3S/c1-13-7-9-16(17(11-13)25-2)26-12-19(24)22-21-23-20-15-6-4-3-5-14(15)8-10-18(20)27-21/h3-11H,12H2,1-2H3,(H,22,23,24). The third kappa shape index (κ3) is 3.57. The maximum atomic E-state index is 12.3. The van der Waals surface area contributed by atoms with E-state index in [1.54, 1.807) is 13.2 Å². The fraction of sp³-hybridized carbons (Fsp3) is 0.143. The summed E-state index contributed by atoms with van der Waals surface area (Å²) in [6, 6.07) is 17.7. The summed E-state index contributed by atoms with van der Waals surface area (Å²) >= 11 is 1.45. The van der Waals surface area contributed by atoms with E-state index in [1.165, 1.54) is 11.3 Å². The van der Waals surface area contributed by atoms with Gasteiger partial charge in [-0.05, 0) is 36.1 Å². The summed E-state index contributed by atoms with van der Waals surface area (Å²) in [6.07, 6.45) is 0. The van der Waals surface area contributed by atoms with Crippen LogP contribution in [0.1, 0.15) is 5.56 Å². The number of amides is 1. The molecule has 0 atom stereocenters. The maximum Gasteiger partial charge on any atom is 0.264 e. The Hall–Kier alpha value is -3.12. The number of hydrogen-bond donors (Lipinski definition) is 1. The summed E-state index contributed by atoms with van der Waals surface area (Å²) in [7, 11) is 1.58. The minimum Gasteiger partial charge on any atom is -0.493 e. The van der Waals surface area contributed by atoms with Crippen LogP contribution in [-0.4, -0.2) is 24.6 Å². The lowest BCUT2D eigenvalue weighted by atomic mass is 10.1. The van der Waals surface area contributed by atoms with Crippen LogP contribution in [-0.2, 0) is 4.79 Å². The van der Waals surface area contributed by atoms with Gasteiger partial charge >= 0.3 is 0 Å². The topological polar surface area (TPSA) is 60.5 Å². The number of carbonyl (C=O) groups excluding carboxylic acids is 1. The molecule has 27 heavy (non-hydrogen) atoms. The molecule has 0 aliphatic rings. The van der Waals surface area contributed by atoms with Crippen LogP contribution in [0.2, 0.25) is 0 Å². The fourth-order valence-electron chi connectivity index (χ4n) is 2.91. The highest BCUT2D eigenvalue weighted by atomic mass is 32.1. The van der Waals surface area contributed by atoms with Crippen molar-refractivity contribution in [2.75, 3.05) is 19.0 Å². The first-order valence-corrected chi connectivity index (χ1v) is 9.31. The number of nitrogens with one attached hydrogen (secondary N) is 1. The van der Waals surface area contributed by atoms with Crippen molar-refractivity contribution >= 4 is 43.4 Å². The third-order valence-corrected chi connectivity index (χ3v) is 5.14. The normalized spacial score (nSPS) is 10.9. The first-order chi connectivity index (χ1) is 13.1. The van der Waals surface area contributed by atoms with Crippen LogP contribution in [0.5, 0.6) is 11.5 Å². The zero-order chi connectivity index (χ0) is 18.8. The Labute approximate surface area is 160 Å². The second kappa shape index (κ2) is 7.25. The number of fused-ring (bicyclic) bond motifs is 3. The number of methoxy groups -OCH3 is 1. The van der Waals surface area contributed by atoms with E-state index in [4.69, 9.17) is 9.47 Å². The molecule has 1 aromatic heterocycles. The molecule has 4 rings (SSSR count). The van der Waals surface area contributed by atoms with Crippen molar-refractivity contribution in [2.45, 2.75) is 6.92 Å². The largest absolute Gasteiger partial charge is 0.493 e. The van der Waals surface area contributed by atoms with E-state index in [1.807, 2.05) is 43.3 Å². The van der Waals surface area contributed by atoms with Gasteiger partial charge in [0.15, 0.2) is 23.2 Å². The van der Waals surface area contributed by atoms with Gasteiger partial charge in [0.25, 0.3) is 5.91 Å². The number of aryl methyl sites for hydroxylation is 1. The van der Waals surface area contributed by atoms with E-state index in [-0.39, 0.29) is 12.5 Å². The summed E-state index contributed by atoms with van der Waals surface area (Å²) in [5, 5.41) is 5.58. The number of thiazole rings is 1. The molecule has 0 saturated carbocycles. The van der Waals surface area contributed by atoms with Crippen LogP contribution in [0, 0.1) is 6.92 Å². The quantitative estimate of drug-likeness (QED) is 0.543. The average Bonchev–Trinajstić information content (AvgIpc) is 3.09. The lowest BCUT2D eigenvalue weighted by Gasteiger charge is -2.10. The number of aromatic nitrogens is 1.